The third kappa shape index (κ3) is 3.17. The molecule has 0 bridgehead atoms. The second kappa shape index (κ2) is 6.38. The number of fused-ring (bicyclic) bond motifs is 1. The van der Waals surface area contributed by atoms with Crippen molar-refractivity contribution in [1.29, 1.82) is 0 Å². The molecule has 3 rings (SSSR count). The molecule has 2 amide bonds. The van der Waals surface area contributed by atoms with E-state index in [1.807, 2.05) is 11.3 Å². The number of nitrogens with one attached hydrogen (secondary N) is 1. The Morgan fingerprint density at radius 1 is 1.45 bits per heavy atom. The van der Waals surface area contributed by atoms with Gasteiger partial charge in [-0.1, -0.05) is 0 Å². The van der Waals surface area contributed by atoms with Crippen molar-refractivity contribution in [2.24, 2.45) is 5.92 Å². The van der Waals surface area contributed by atoms with E-state index in [0.29, 0.717) is 18.5 Å². The first-order valence-electron chi connectivity index (χ1n) is 7.85. The molecule has 22 heavy (non-hydrogen) atoms. The van der Waals surface area contributed by atoms with E-state index >= 15 is 0 Å². The van der Waals surface area contributed by atoms with Gasteiger partial charge in [-0.2, -0.15) is 0 Å². The maximum atomic E-state index is 12.4. The van der Waals surface area contributed by atoms with Gasteiger partial charge < -0.3 is 10.2 Å². The van der Waals surface area contributed by atoms with Gasteiger partial charge in [-0.25, -0.2) is 0 Å². The van der Waals surface area contributed by atoms with Gasteiger partial charge in [-0.3, -0.25) is 14.5 Å². The molecule has 0 spiro atoms. The molecule has 2 aliphatic rings. The lowest BCUT2D eigenvalue weighted by atomic mass is 9.96. The Morgan fingerprint density at radius 3 is 2.91 bits per heavy atom. The van der Waals surface area contributed by atoms with E-state index in [9.17, 15) is 9.59 Å². The quantitative estimate of drug-likeness (QED) is 0.888. The highest BCUT2D eigenvalue weighted by molar-refractivity contribution is 7.10. The van der Waals surface area contributed by atoms with Crippen molar-refractivity contribution in [1.82, 2.24) is 15.1 Å². The molecule has 2 heterocycles. The van der Waals surface area contributed by atoms with Gasteiger partial charge in [0.15, 0.2) is 0 Å². The van der Waals surface area contributed by atoms with Crippen LogP contribution in [0.2, 0.25) is 0 Å². The molecule has 1 saturated carbocycles. The van der Waals surface area contributed by atoms with E-state index in [1.165, 1.54) is 28.2 Å². The van der Waals surface area contributed by atoms with Crippen LogP contribution in [0.25, 0.3) is 0 Å². The molecule has 5 nitrogen and oxygen atoms in total. The van der Waals surface area contributed by atoms with E-state index in [-0.39, 0.29) is 18.4 Å². The number of thiophene rings is 1. The highest BCUT2D eigenvalue weighted by Crippen LogP contribution is 2.48. The fraction of sp³-hybridized carbons (Fsp3) is 0.625. The molecular formula is C16H23N3O2S. The monoisotopic (exact) mass is 321 g/mol. The van der Waals surface area contributed by atoms with E-state index in [2.05, 4.69) is 21.7 Å². The van der Waals surface area contributed by atoms with Crippen molar-refractivity contribution >= 4 is 23.2 Å². The second-order valence-corrected chi connectivity index (χ2v) is 7.23. The van der Waals surface area contributed by atoms with Crippen molar-refractivity contribution < 1.29 is 9.59 Å². The summed E-state index contributed by atoms with van der Waals surface area (Å²) in [5.74, 6) is 0.590. The summed E-state index contributed by atoms with van der Waals surface area (Å²) in [5, 5.41) is 4.73. The van der Waals surface area contributed by atoms with Crippen LogP contribution in [-0.2, 0) is 16.0 Å². The lowest BCUT2D eigenvalue weighted by Gasteiger charge is -2.36. The molecule has 0 unspecified atom stereocenters. The highest BCUT2D eigenvalue weighted by atomic mass is 32.1. The lowest BCUT2D eigenvalue weighted by Crippen LogP contribution is -2.45. The van der Waals surface area contributed by atoms with Crippen LogP contribution in [0, 0.1) is 5.92 Å². The number of amides is 2. The molecule has 1 aromatic heterocycles. The van der Waals surface area contributed by atoms with E-state index < -0.39 is 0 Å². The predicted octanol–water partition coefficient (Wildman–Crippen LogP) is 1.26. The Bertz CT molecular complexity index is 567. The number of carbonyl (C=O) groups is 2. The summed E-state index contributed by atoms with van der Waals surface area (Å²) in [4.78, 5) is 29.1. The first-order chi connectivity index (χ1) is 10.6. The van der Waals surface area contributed by atoms with Gasteiger partial charge in [0.1, 0.15) is 0 Å². The zero-order valence-electron chi connectivity index (χ0n) is 13.2. The number of hydrogen-bond donors (Lipinski definition) is 1. The van der Waals surface area contributed by atoms with Crippen molar-refractivity contribution in [3.05, 3.63) is 21.9 Å². The van der Waals surface area contributed by atoms with Crippen LogP contribution >= 0.6 is 11.3 Å². The van der Waals surface area contributed by atoms with Crippen LogP contribution in [-0.4, -0.2) is 55.3 Å². The van der Waals surface area contributed by atoms with Crippen molar-refractivity contribution in [2.45, 2.75) is 25.3 Å². The number of carbonyl (C=O) groups excluding carboxylic acids is 2. The van der Waals surface area contributed by atoms with Crippen LogP contribution in [0.5, 0.6) is 0 Å². The smallest absolute Gasteiger partial charge is 0.239 e. The maximum absolute atomic E-state index is 12.4. The molecule has 1 atom stereocenters. The number of nitrogens with zero attached hydrogens (tertiary/aromatic N) is 2. The van der Waals surface area contributed by atoms with Gasteiger partial charge in [0.25, 0.3) is 0 Å². The summed E-state index contributed by atoms with van der Waals surface area (Å²) >= 11 is 1.84. The van der Waals surface area contributed by atoms with Gasteiger partial charge >= 0.3 is 0 Å². The zero-order valence-corrected chi connectivity index (χ0v) is 14.0. The topological polar surface area (TPSA) is 52.7 Å². The third-order valence-corrected chi connectivity index (χ3v) is 5.61. The van der Waals surface area contributed by atoms with Gasteiger partial charge in [0.05, 0.1) is 13.1 Å². The molecule has 120 valence electrons. The summed E-state index contributed by atoms with van der Waals surface area (Å²) < 4.78 is 0. The van der Waals surface area contributed by atoms with Crippen LogP contribution in [0.3, 0.4) is 0 Å². The van der Waals surface area contributed by atoms with Crippen molar-refractivity contribution in [3.63, 3.8) is 0 Å². The van der Waals surface area contributed by atoms with Gasteiger partial charge in [0.2, 0.25) is 11.8 Å². The average molecular weight is 321 g/mol. The Morgan fingerprint density at radius 2 is 2.23 bits per heavy atom. The molecule has 6 heteroatoms. The number of likely N-dealkylation sites (N-methyl/N-ethyl adjacent to an activating group) is 2. The Kier molecular flexibility index (Phi) is 4.49. The van der Waals surface area contributed by atoms with Crippen molar-refractivity contribution in [2.75, 3.05) is 33.7 Å². The predicted molar refractivity (Wildman–Crippen MR) is 86.8 cm³/mol. The zero-order chi connectivity index (χ0) is 15.7. The standard InChI is InChI=1S/C16H23N3O2S/c1-17-14(20)9-18(2)15(21)10-19-7-5-13-12(6-8-22-13)16(19)11-3-4-11/h6,8,11,16H,3-5,7,9-10H2,1-2H3,(H,17,20)/t16-/m1/s1. The molecule has 0 saturated heterocycles. The molecule has 1 aliphatic carbocycles. The summed E-state index contributed by atoms with van der Waals surface area (Å²) in [6.45, 7) is 1.47. The summed E-state index contributed by atoms with van der Waals surface area (Å²) in [7, 11) is 3.29. The van der Waals surface area contributed by atoms with E-state index in [1.54, 1.807) is 14.1 Å². The Hall–Kier alpha value is -1.40. The van der Waals surface area contributed by atoms with Crippen LogP contribution < -0.4 is 5.32 Å². The lowest BCUT2D eigenvalue weighted by molar-refractivity contribution is -0.136. The fourth-order valence-electron chi connectivity index (χ4n) is 3.22. The van der Waals surface area contributed by atoms with Gasteiger partial charge in [-0.15, -0.1) is 11.3 Å². The normalized spacial score (nSPS) is 21.3. The minimum absolute atomic E-state index is 0.0212. The highest BCUT2D eigenvalue weighted by Gasteiger charge is 2.40. The fourth-order valence-corrected chi connectivity index (χ4v) is 4.13. The number of hydrogen-bond acceptors (Lipinski definition) is 4. The molecular weight excluding hydrogens is 298 g/mol. The SMILES string of the molecule is CNC(=O)CN(C)C(=O)CN1CCc2sccc2[C@H]1C1CC1. The Labute approximate surface area is 135 Å². The molecule has 1 aromatic rings. The number of rotatable bonds is 5. The molecule has 1 N–H and O–H groups in total. The van der Waals surface area contributed by atoms with E-state index in [0.717, 1.165) is 13.0 Å². The Balaban J connectivity index is 1.67. The second-order valence-electron chi connectivity index (χ2n) is 6.22. The minimum atomic E-state index is -0.131. The van der Waals surface area contributed by atoms with Gasteiger partial charge in [0, 0.05) is 31.6 Å². The first-order valence-corrected chi connectivity index (χ1v) is 8.73. The first kappa shape index (κ1) is 15.5. The summed E-state index contributed by atoms with van der Waals surface area (Å²) in [5.41, 5.74) is 1.43. The van der Waals surface area contributed by atoms with Crippen LogP contribution in [0.15, 0.2) is 11.4 Å². The average Bonchev–Trinajstić information content (AvgIpc) is 3.23. The largest absolute Gasteiger partial charge is 0.358 e. The third-order valence-electron chi connectivity index (χ3n) is 4.61. The molecule has 0 aromatic carbocycles. The summed E-state index contributed by atoms with van der Waals surface area (Å²) in [6, 6.07) is 2.63. The summed E-state index contributed by atoms with van der Waals surface area (Å²) in [6.07, 6.45) is 3.56. The van der Waals surface area contributed by atoms with Crippen LogP contribution in [0.1, 0.15) is 29.3 Å². The molecule has 0 radical (unpaired) electrons. The van der Waals surface area contributed by atoms with E-state index in [4.69, 9.17) is 0 Å². The maximum Gasteiger partial charge on any atom is 0.239 e. The molecule has 1 aliphatic heterocycles. The molecule has 1 fully saturated rings. The van der Waals surface area contributed by atoms with Crippen molar-refractivity contribution in [3.8, 4) is 0 Å². The van der Waals surface area contributed by atoms with Crippen LogP contribution in [0.4, 0.5) is 0 Å². The van der Waals surface area contributed by atoms with Gasteiger partial charge in [-0.05, 0) is 42.2 Å². The minimum Gasteiger partial charge on any atom is -0.358 e.